The average Bonchev–Trinajstić information content (AvgIpc) is 2.70. The Balaban J connectivity index is 2.38. The van der Waals surface area contributed by atoms with Gasteiger partial charge < -0.3 is 4.55 Å². The van der Waals surface area contributed by atoms with E-state index in [2.05, 4.69) is 0 Å². The van der Waals surface area contributed by atoms with Gasteiger partial charge in [-0.1, -0.05) is 26.8 Å². The standard InChI is InChI=1S/C15H19NO4S/c1-13(2)11-7-8-14(13,3)12(17)15(11,21(18,19)20)16-9-5-4-6-10-16/h4-6,9-11H,7-8H2,1-3H3. The first-order chi connectivity index (χ1) is 9.60. The molecule has 0 aromatic carbocycles. The summed E-state index contributed by atoms with van der Waals surface area (Å²) in [5.74, 6) is -0.958. The Kier molecular flexibility index (Phi) is 2.74. The Morgan fingerprint density at radius 1 is 1.19 bits per heavy atom. The van der Waals surface area contributed by atoms with Crippen molar-refractivity contribution in [1.29, 1.82) is 0 Å². The predicted octanol–water partition coefficient (Wildman–Crippen LogP) is 1.20. The van der Waals surface area contributed by atoms with Crippen molar-refractivity contribution in [3.05, 3.63) is 30.6 Å². The van der Waals surface area contributed by atoms with Crippen LogP contribution in [0.15, 0.2) is 30.6 Å². The second-order valence-corrected chi connectivity index (χ2v) is 8.44. The van der Waals surface area contributed by atoms with Crippen LogP contribution in [0.25, 0.3) is 0 Å². The van der Waals surface area contributed by atoms with E-state index >= 15 is 0 Å². The minimum Gasteiger partial charge on any atom is -0.742 e. The Morgan fingerprint density at radius 2 is 1.76 bits per heavy atom. The molecule has 5 nitrogen and oxygen atoms in total. The highest BCUT2D eigenvalue weighted by Gasteiger charge is 2.80. The van der Waals surface area contributed by atoms with Gasteiger partial charge in [0.1, 0.15) is 0 Å². The Hall–Kier alpha value is -1.27. The fourth-order valence-corrected chi connectivity index (χ4v) is 6.07. The molecule has 1 heterocycles. The van der Waals surface area contributed by atoms with Gasteiger partial charge in [-0.3, -0.25) is 4.79 Å². The van der Waals surface area contributed by atoms with E-state index in [4.69, 9.17) is 0 Å². The lowest BCUT2D eigenvalue weighted by Crippen LogP contribution is -2.68. The molecule has 2 saturated carbocycles. The van der Waals surface area contributed by atoms with Crippen LogP contribution in [-0.2, 0) is 19.8 Å². The zero-order valence-electron chi connectivity index (χ0n) is 12.4. The monoisotopic (exact) mass is 309 g/mol. The van der Waals surface area contributed by atoms with E-state index in [1.807, 2.05) is 13.8 Å². The zero-order valence-corrected chi connectivity index (χ0v) is 13.2. The van der Waals surface area contributed by atoms with Gasteiger partial charge in [-0.15, -0.1) is 0 Å². The molecule has 0 N–H and O–H groups in total. The number of pyridine rings is 1. The van der Waals surface area contributed by atoms with Crippen molar-refractivity contribution in [1.82, 2.24) is 0 Å². The first-order valence-corrected chi connectivity index (χ1v) is 8.48. The summed E-state index contributed by atoms with van der Waals surface area (Å²) >= 11 is 0. The number of hydrogen-bond donors (Lipinski definition) is 0. The Morgan fingerprint density at radius 3 is 2.19 bits per heavy atom. The summed E-state index contributed by atoms with van der Waals surface area (Å²) in [4.78, 5) is 11.1. The summed E-state index contributed by atoms with van der Waals surface area (Å²) in [6, 6.07) is 5.01. The number of fused-ring (bicyclic) bond motifs is 2. The van der Waals surface area contributed by atoms with Gasteiger partial charge in [-0.25, -0.2) is 8.42 Å². The zero-order chi connectivity index (χ0) is 15.7. The summed E-state index contributed by atoms with van der Waals surface area (Å²) in [5, 5.41) is 0. The number of carbonyl (C=O) groups is 1. The molecule has 3 rings (SSSR count). The summed E-state index contributed by atoms with van der Waals surface area (Å²) in [6.07, 6.45) is 4.22. The third kappa shape index (κ3) is 1.42. The maximum absolute atomic E-state index is 13.1. The number of ketones is 1. The lowest BCUT2D eigenvalue weighted by Gasteiger charge is -2.34. The van der Waals surface area contributed by atoms with Gasteiger partial charge in [0.25, 0.3) is 0 Å². The minimum absolute atomic E-state index is 0.456. The molecule has 6 heteroatoms. The lowest BCUT2D eigenvalue weighted by atomic mass is 9.70. The van der Waals surface area contributed by atoms with Crippen LogP contribution < -0.4 is 4.57 Å². The number of carbonyl (C=O) groups excluding carboxylic acids is 1. The molecule has 1 aromatic heterocycles. The number of Topliss-reactive ketones (excluding diaryl/α,β-unsaturated/α-hetero) is 1. The highest BCUT2D eigenvalue weighted by molar-refractivity contribution is 7.87. The largest absolute Gasteiger partial charge is 0.742 e. The molecule has 2 fully saturated rings. The van der Waals surface area contributed by atoms with Gasteiger partial charge in [0, 0.05) is 17.5 Å². The second-order valence-electron chi connectivity index (χ2n) is 6.91. The van der Waals surface area contributed by atoms with E-state index in [1.54, 1.807) is 25.1 Å². The summed E-state index contributed by atoms with van der Waals surface area (Å²) in [6.45, 7) is 5.60. The fraction of sp³-hybridized carbons (Fsp3) is 0.600. The van der Waals surface area contributed by atoms with Gasteiger partial charge in [0.15, 0.2) is 22.5 Å². The summed E-state index contributed by atoms with van der Waals surface area (Å²) < 4.78 is 37.9. The molecule has 3 unspecified atom stereocenters. The van der Waals surface area contributed by atoms with Gasteiger partial charge in [-0.05, 0) is 18.3 Å². The third-order valence-electron chi connectivity index (χ3n) is 6.01. The van der Waals surface area contributed by atoms with E-state index in [1.165, 1.54) is 17.0 Å². The van der Waals surface area contributed by atoms with Crippen LogP contribution in [-0.4, -0.2) is 18.8 Å². The van der Waals surface area contributed by atoms with Crippen LogP contribution in [0.5, 0.6) is 0 Å². The Bertz CT molecular complexity index is 712. The number of rotatable bonds is 2. The van der Waals surface area contributed by atoms with E-state index in [0.29, 0.717) is 12.8 Å². The first-order valence-electron chi connectivity index (χ1n) is 7.07. The molecule has 0 radical (unpaired) electrons. The fourth-order valence-electron chi connectivity index (χ4n) is 4.48. The van der Waals surface area contributed by atoms with Crippen LogP contribution in [0.4, 0.5) is 0 Å². The molecule has 2 bridgehead atoms. The molecule has 3 atom stereocenters. The van der Waals surface area contributed by atoms with Gasteiger partial charge in [0.05, 0.1) is 5.92 Å². The minimum atomic E-state index is -4.84. The second kappa shape index (κ2) is 3.93. The first kappa shape index (κ1) is 14.7. The molecule has 2 aliphatic rings. The lowest BCUT2D eigenvalue weighted by molar-refractivity contribution is -0.733. The van der Waals surface area contributed by atoms with Crippen molar-refractivity contribution in [2.24, 2.45) is 16.7 Å². The van der Waals surface area contributed by atoms with Crippen molar-refractivity contribution in [3.8, 4) is 0 Å². The Labute approximate surface area is 124 Å². The van der Waals surface area contributed by atoms with Crippen molar-refractivity contribution in [2.75, 3.05) is 0 Å². The van der Waals surface area contributed by atoms with Gasteiger partial charge in [-0.2, -0.15) is 4.57 Å². The van der Waals surface area contributed by atoms with E-state index in [9.17, 15) is 17.8 Å². The maximum atomic E-state index is 13.1. The molecule has 0 amide bonds. The molecule has 0 spiro atoms. The van der Waals surface area contributed by atoms with Crippen LogP contribution in [0.3, 0.4) is 0 Å². The van der Waals surface area contributed by atoms with Crippen molar-refractivity contribution >= 4 is 15.9 Å². The van der Waals surface area contributed by atoms with Gasteiger partial charge in [0.2, 0.25) is 5.78 Å². The van der Waals surface area contributed by atoms with Gasteiger partial charge >= 0.3 is 4.87 Å². The molecule has 0 aliphatic heterocycles. The van der Waals surface area contributed by atoms with Crippen molar-refractivity contribution in [3.63, 3.8) is 0 Å². The molecule has 0 saturated heterocycles. The number of hydrogen-bond acceptors (Lipinski definition) is 4. The van der Waals surface area contributed by atoms with Crippen LogP contribution in [0.2, 0.25) is 0 Å². The SMILES string of the molecule is CC12CCC(C1(C)C)C([n+]1ccccc1)(S(=O)(=O)[O-])C2=O. The average molecular weight is 309 g/mol. The van der Waals surface area contributed by atoms with Crippen LogP contribution in [0.1, 0.15) is 33.6 Å². The molecular formula is C15H19NO4S. The summed E-state index contributed by atoms with van der Waals surface area (Å²) in [7, 11) is -4.84. The van der Waals surface area contributed by atoms with Crippen molar-refractivity contribution < 1.29 is 22.3 Å². The molecule has 21 heavy (non-hydrogen) atoms. The predicted molar refractivity (Wildman–Crippen MR) is 73.9 cm³/mol. The smallest absolute Gasteiger partial charge is 0.317 e. The molecule has 2 aliphatic carbocycles. The van der Waals surface area contributed by atoms with Crippen molar-refractivity contribution in [2.45, 2.75) is 38.5 Å². The van der Waals surface area contributed by atoms with E-state index in [-0.39, 0.29) is 0 Å². The number of nitrogens with zero attached hydrogens (tertiary/aromatic N) is 1. The van der Waals surface area contributed by atoms with Crippen LogP contribution >= 0.6 is 0 Å². The molecule has 1 aromatic rings. The summed E-state index contributed by atoms with van der Waals surface area (Å²) in [5.41, 5.74) is -1.30. The van der Waals surface area contributed by atoms with Crippen LogP contribution in [0, 0.1) is 16.7 Å². The molecular weight excluding hydrogens is 290 g/mol. The highest BCUT2D eigenvalue weighted by atomic mass is 32.2. The normalized spacial score (nSPS) is 37.9. The third-order valence-corrected chi connectivity index (χ3v) is 7.45. The quantitative estimate of drug-likeness (QED) is 0.607. The van der Waals surface area contributed by atoms with E-state index < -0.39 is 37.5 Å². The molecule has 114 valence electrons. The number of aromatic nitrogens is 1. The highest BCUT2D eigenvalue weighted by Crippen LogP contribution is 2.68. The maximum Gasteiger partial charge on any atom is 0.317 e. The topological polar surface area (TPSA) is 78.2 Å². The van der Waals surface area contributed by atoms with E-state index in [0.717, 1.165) is 0 Å².